The third-order valence-electron chi connectivity index (χ3n) is 2.67. The van der Waals surface area contributed by atoms with Crippen LogP contribution in [-0.4, -0.2) is 26.1 Å². The molecule has 0 bridgehead atoms. The van der Waals surface area contributed by atoms with Crippen LogP contribution in [0.2, 0.25) is 0 Å². The molecule has 3 N–H and O–H groups in total. The first-order chi connectivity index (χ1) is 8.80. The van der Waals surface area contributed by atoms with Gasteiger partial charge in [0.15, 0.2) is 9.84 Å². The summed E-state index contributed by atoms with van der Waals surface area (Å²) < 4.78 is 37.5. The largest absolute Gasteiger partial charge is 0.398 e. The lowest BCUT2D eigenvalue weighted by molar-refractivity contribution is -0.120. The average molecular weight is 288 g/mol. The lowest BCUT2D eigenvalue weighted by Gasteiger charge is -2.14. The van der Waals surface area contributed by atoms with Crippen LogP contribution in [0.4, 0.5) is 10.1 Å². The van der Waals surface area contributed by atoms with Gasteiger partial charge in [-0.05, 0) is 31.5 Å². The van der Waals surface area contributed by atoms with Crippen LogP contribution in [-0.2, 0) is 14.6 Å². The molecule has 7 heteroatoms. The Labute approximate surface area is 111 Å². The maximum atomic E-state index is 13.1. The molecular weight excluding hydrogens is 271 g/mol. The first-order valence-corrected chi connectivity index (χ1v) is 7.42. The molecule has 1 atom stereocenters. The van der Waals surface area contributed by atoms with E-state index in [1.54, 1.807) is 0 Å². The number of nitrogens with two attached hydrogens (primary N) is 1. The molecule has 0 fully saturated rings. The first-order valence-electron chi connectivity index (χ1n) is 5.87. The molecule has 0 radical (unpaired) electrons. The van der Waals surface area contributed by atoms with E-state index in [0.29, 0.717) is 13.0 Å². The van der Waals surface area contributed by atoms with E-state index in [9.17, 15) is 17.6 Å². The van der Waals surface area contributed by atoms with Crippen molar-refractivity contribution >= 4 is 21.4 Å². The Morgan fingerprint density at radius 3 is 2.68 bits per heavy atom. The predicted molar refractivity (Wildman–Crippen MR) is 70.8 cm³/mol. The fourth-order valence-corrected chi connectivity index (χ4v) is 2.90. The van der Waals surface area contributed by atoms with Gasteiger partial charge in [-0.2, -0.15) is 0 Å². The summed E-state index contributed by atoms with van der Waals surface area (Å²) in [6.45, 7) is 3.49. The second kappa shape index (κ2) is 6.01. The molecule has 1 unspecified atom stereocenters. The topological polar surface area (TPSA) is 89.3 Å². The van der Waals surface area contributed by atoms with Crippen molar-refractivity contribution in [2.75, 3.05) is 12.3 Å². The van der Waals surface area contributed by atoms with E-state index in [1.807, 2.05) is 6.92 Å². The Kier molecular flexibility index (Phi) is 4.88. The first kappa shape index (κ1) is 15.4. The van der Waals surface area contributed by atoms with Gasteiger partial charge < -0.3 is 11.1 Å². The summed E-state index contributed by atoms with van der Waals surface area (Å²) in [5, 5.41) is 1.17. The van der Waals surface area contributed by atoms with Crippen LogP contribution in [0, 0.1) is 5.82 Å². The predicted octanol–water partition coefficient (Wildman–Crippen LogP) is 1.10. The van der Waals surface area contributed by atoms with Crippen molar-refractivity contribution in [1.29, 1.82) is 0 Å². The van der Waals surface area contributed by atoms with E-state index in [1.165, 1.54) is 13.0 Å². The smallest absolute Gasteiger partial charge is 0.238 e. The molecule has 0 spiro atoms. The molecule has 0 saturated carbocycles. The minimum atomic E-state index is -4.00. The number of hydrogen-bond acceptors (Lipinski definition) is 4. The van der Waals surface area contributed by atoms with Crippen LogP contribution in [0.25, 0.3) is 0 Å². The highest BCUT2D eigenvalue weighted by Gasteiger charge is 2.31. The molecule has 19 heavy (non-hydrogen) atoms. The molecule has 106 valence electrons. The van der Waals surface area contributed by atoms with Crippen molar-refractivity contribution in [3.63, 3.8) is 0 Å². The molecular formula is C12H17FN2O3S. The summed E-state index contributed by atoms with van der Waals surface area (Å²) in [6, 6.07) is 3.06. The van der Waals surface area contributed by atoms with Crippen LogP contribution in [0.1, 0.15) is 20.3 Å². The van der Waals surface area contributed by atoms with E-state index < -0.39 is 26.8 Å². The molecule has 1 rings (SSSR count). The van der Waals surface area contributed by atoms with Gasteiger partial charge in [0, 0.05) is 6.54 Å². The number of carbonyl (C=O) groups is 1. The van der Waals surface area contributed by atoms with Gasteiger partial charge in [0.1, 0.15) is 11.1 Å². The molecule has 1 aromatic rings. The molecule has 1 amide bonds. The maximum absolute atomic E-state index is 13.1. The van der Waals surface area contributed by atoms with E-state index >= 15 is 0 Å². The van der Waals surface area contributed by atoms with Gasteiger partial charge in [0.25, 0.3) is 0 Å². The van der Waals surface area contributed by atoms with Gasteiger partial charge >= 0.3 is 0 Å². The summed E-state index contributed by atoms with van der Waals surface area (Å²) in [5.74, 6) is -1.33. The molecule has 5 nitrogen and oxygen atoms in total. The summed E-state index contributed by atoms with van der Waals surface area (Å²) in [6.07, 6.45) is 0.695. The van der Waals surface area contributed by atoms with E-state index in [4.69, 9.17) is 5.73 Å². The summed E-state index contributed by atoms with van der Waals surface area (Å²) in [4.78, 5) is 11.3. The van der Waals surface area contributed by atoms with Crippen molar-refractivity contribution in [3.05, 3.63) is 24.0 Å². The van der Waals surface area contributed by atoms with Crippen molar-refractivity contribution in [2.24, 2.45) is 0 Å². The highest BCUT2D eigenvalue weighted by Crippen LogP contribution is 2.23. The van der Waals surface area contributed by atoms with E-state index in [2.05, 4.69) is 5.32 Å². The standard InChI is InChI=1S/C12H17FN2O3S/c1-3-6-15-12(16)8(2)19(17,18)11-7-9(13)4-5-10(11)14/h4-5,7-8H,3,6,14H2,1-2H3,(H,15,16). The Morgan fingerprint density at radius 2 is 2.11 bits per heavy atom. The number of halogens is 1. The number of benzene rings is 1. The fraction of sp³-hybridized carbons (Fsp3) is 0.417. The van der Waals surface area contributed by atoms with Crippen molar-refractivity contribution in [3.8, 4) is 0 Å². The summed E-state index contributed by atoms with van der Waals surface area (Å²) >= 11 is 0. The number of amides is 1. The van der Waals surface area contributed by atoms with Crippen LogP contribution in [0.15, 0.2) is 23.1 Å². The Bertz CT molecular complexity index is 572. The molecule has 0 aliphatic rings. The zero-order chi connectivity index (χ0) is 14.6. The second-order valence-corrected chi connectivity index (χ2v) is 6.40. The van der Waals surface area contributed by atoms with Crippen LogP contribution in [0.5, 0.6) is 0 Å². The zero-order valence-corrected chi connectivity index (χ0v) is 11.6. The summed E-state index contributed by atoms with van der Waals surface area (Å²) in [5.41, 5.74) is 5.46. The number of sulfone groups is 1. The molecule has 0 aliphatic heterocycles. The van der Waals surface area contributed by atoms with E-state index in [0.717, 1.165) is 12.1 Å². The van der Waals surface area contributed by atoms with E-state index in [-0.39, 0.29) is 10.6 Å². The van der Waals surface area contributed by atoms with Crippen LogP contribution >= 0.6 is 0 Å². The van der Waals surface area contributed by atoms with Crippen molar-refractivity contribution < 1.29 is 17.6 Å². The minimum Gasteiger partial charge on any atom is -0.398 e. The number of nitrogens with one attached hydrogen (secondary N) is 1. The monoisotopic (exact) mass is 288 g/mol. The average Bonchev–Trinajstić information content (AvgIpc) is 2.37. The van der Waals surface area contributed by atoms with Gasteiger partial charge in [0.05, 0.1) is 10.6 Å². The third kappa shape index (κ3) is 3.44. The van der Waals surface area contributed by atoms with Crippen molar-refractivity contribution in [1.82, 2.24) is 5.32 Å². The lowest BCUT2D eigenvalue weighted by atomic mass is 10.3. The Balaban J connectivity index is 3.09. The molecule has 0 aliphatic carbocycles. The van der Waals surface area contributed by atoms with Gasteiger partial charge in [-0.1, -0.05) is 6.92 Å². The quantitative estimate of drug-likeness (QED) is 0.794. The Morgan fingerprint density at radius 1 is 1.47 bits per heavy atom. The number of nitrogen functional groups attached to an aromatic ring is 1. The number of rotatable bonds is 5. The van der Waals surface area contributed by atoms with Crippen LogP contribution in [0.3, 0.4) is 0 Å². The summed E-state index contributed by atoms with van der Waals surface area (Å²) in [7, 11) is -4.00. The number of hydrogen-bond donors (Lipinski definition) is 2. The second-order valence-electron chi connectivity index (χ2n) is 4.16. The third-order valence-corrected chi connectivity index (χ3v) is 4.78. The van der Waals surface area contributed by atoms with Gasteiger partial charge in [-0.3, -0.25) is 4.79 Å². The number of anilines is 1. The van der Waals surface area contributed by atoms with Gasteiger partial charge in [0.2, 0.25) is 5.91 Å². The van der Waals surface area contributed by atoms with Gasteiger partial charge in [-0.25, -0.2) is 12.8 Å². The SMILES string of the molecule is CCCNC(=O)C(C)S(=O)(=O)c1cc(F)ccc1N. The molecule has 1 aromatic carbocycles. The molecule has 0 aromatic heterocycles. The maximum Gasteiger partial charge on any atom is 0.238 e. The normalized spacial score (nSPS) is 13.0. The van der Waals surface area contributed by atoms with Crippen LogP contribution < -0.4 is 11.1 Å². The highest BCUT2D eigenvalue weighted by molar-refractivity contribution is 7.93. The fourth-order valence-electron chi connectivity index (χ4n) is 1.48. The molecule has 0 saturated heterocycles. The lowest BCUT2D eigenvalue weighted by Crippen LogP contribution is -2.38. The minimum absolute atomic E-state index is 0.0726. The van der Waals surface area contributed by atoms with Gasteiger partial charge in [-0.15, -0.1) is 0 Å². The highest BCUT2D eigenvalue weighted by atomic mass is 32.2. The number of carbonyl (C=O) groups excluding carboxylic acids is 1. The molecule has 0 heterocycles. The van der Waals surface area contributed by atoms with Crippen molar-refractivity contribution in [2.45, 2.75) is 30.4 Å². The zero-order valence-electron chi connectivity index (χ0n) is 10.8. The Hall–Kier alpha value is -1.63.